The zero-order chi connectivity index (χ0) is 18.8. The molecule has 140 valence electrons. The SMILES string of the molecule is CCC(CN)CC(CC)C(C)(C)CC(C)(C)C.Oc1ccccc1. The van der Waals surface area contributed by atoms with Crippen LogP contribution in [0.25, 0.3) is 0 Å². The highest BCUT2D eigenvalue weighted by molar-refractivity contribution is 5.18. The van der Waals surface area contributed by atoms with E-state index in [-0.39, 0.29) is 0 Å². The largest absolute Gasteiger partial charge is 0.508 e. The van der Waals surface area contributed by atoms with Crippen LogP contribution in [0, 0.1) is 22.7 Å². The Kier molecular flexibility index (Phi) is 10.3. The first kappa shape index (κ1) is 23.0. The van der Waals surface area contributed by atoms with Crippen LogP contribution in [0.1, 0.15) is 74.1 Å². The molecule has 2 nitrogen and oxygen atoms in total. The van der Waals surface area contributed by atoms with Crippen molar-refractivity contribution in [2.45, 2.75) is 74.1 Å². The van der Waals surface area contributed by atoms with E-state index in [4.69, 9.17) is 10.8 Å². The summed E-state index contributed by atoms with van der Waals surface area (Å²) in [4.78, 5) is 0. The minimum absolute atomic E-state index is 0.322. The number of phenolic OH excluding ortho intramolecular Hbond substituents is 1. The zero-order valence-corrected chi connectivity index (χ0v) is 17.1. The molecule has 0 amide bonds. The molecule has 0 saturated heterocycles. The Labute approximate surface area is 150 Å². The molecular weight excluding hydrogens is 294 g/mol. The summed E-state index contributed by atoms with van der Waals surface area (Å²) in [5.41, 5.74) is 6.70. The van der Waals surface area contributed by atoms with Crippen molar-refractivity contribution < 1.29 is 5.11 Å². The number of nitrogens with two attached hydrogens (primary N) is 1. The average molecular weight is 336 g/mol. The van der Waals surface area contributed by atoms with Crippen molar-refractivity contribution in [3.8, 4) is 5.75 Å². The first-order valence-electron chi connectivity index (χ1n) is 9.49. The molecule has 0 heterocycles. The molecule has 0 bridgehead atoms. The second-order valence-electron chi connectivity index (χ2n) is 8.91. The van der Waals surface area contributed by atoms with Gasteiger partial charge in [0.05, 0.1) is 0 Å². The number of para-hydroxylation sites is 1. The van der Waals surface area contributed by atoms with E-state index >= 15 is 0 Å². The molecular formula is C22H41NO. The maximum absolute atomic E-state index is 8.63. The molecule has 0 radical (unpaired) electrons. The average Bonchev–Trinajstić information content (AvgIpc) is 2.47. The van der Waals surface area contributed by atoms with Crippen LogP contribution in [-0.4, -0.2) is 11.7 Å². The molecule has 0 aromatic heterocycles. The van der Waals surface area contributed by atoms with Crippen molar-refractivity contribution in [3.63, 3.8) is 0 Å². The topological polar surface area (TPSA) is 46.2 Å². The Balaban J connectivity index is 0.000000620. The Morgan fingerprint density at radius 1 is 0.958 bits per heavy atom. The number of aromatic hydroxyl groups is 1. The molecule has 0 fully saturated rings. The Morgan fingerprint density at radius 2 is 1.50 bits per heavy atom. The highest BCUT2D eigenvalue weighted by Crippen LogP contribution is 2.43. The molecule has 0 aliphatic heterocycles. The Morgan fingerprint density at radius 3 is 1.79 bits per heavy atom. The summed E-state index contributed by atoms with van der Waals surface area (Å²) < 4.78 is 0. The minimum atomic E-state index is 0.322. The van der Waals surface area contributed by atoms with Crippen LogP contribution >= 0.6 is 0 Å². The van der Waals surface area contributed by atoms with Crippen molar-refractivity contribution in [1.29, 1.82) is 0 Å². The van der Waals surface area contributed by atoms with Crippen LogP contribution in [0.15, 0.2) is 30.3 Å². The Hall–Kier alpha value is -1.02. The number of hydrogen-bond donors (Lipinski definition) is 2. The lowest BCUT2D eigenvalue weighted by molar-refractivity contribution is 0.105. The van der Waals surface area contributed by atoms with Gasteiger partial charge < -0.3 is 10.8 Å². The summed E-state index contributed by atoms with van der Waals surface area (Å²) in [7, 11) is 0. The molecule has 1 aromatic carbocycles. The van der Waals surface area contributed by atoms with Gasteiger partial charge in [0.2, 0.25) is 0 Å². The quantitative estimate of drug-likeness (QED) is 0.619. The highest BCUT2D eigenvalue weighted by atomic mass is 16.3. The van der Waals surface area contributed by atoms with Crippen LogP contribution in [0.3, 0.4) is 0 Å². The van der Waals surface area contributed by atoms with Crippen LogP contribution in [0.5, 0.6) is 5.75 Å². The van der Waals surface area contributed by atoms with E-state index in [1.807, 2.05) is 6.07 Å². The van der Waals surface area contributed by atoms with Gasteiger partial charge in [-0.25, -0.2) is 0 Å². The van der Waals surface area contributed by atoms with E-state index in [9.17, 15) is 0 Å². The lowest BCUT2D eigenvalue weighted by Crippen LogP contribution is -2.31. The fourth-order valence-electron chi connectivity index (χ4n) is 3.81. The van der Waals surface area contributed by atoms with E-state index in [0.717, 1.165) is 12.5 Å². The van der Waals surface area contributed by atoms with Crippen molar-refractivity contribution >= 4 is 0 Å². The predicted molar refractivity (Wildman–Crippen MR) is 107 cm³/mol. The van der Waals surface area contributed by atoms with Crippen molar-refractivity contribution in [2.75, 3.05) is 6.54 Å². The summed E-state index contributed by atoms with van der Waals surface area (Å²) in [6.07, 6.45) is 5.09. The third kappa shape index (κ3) is 9.97. The van der Waals surface area contributed by atoms with E-state index in [0.29, 0.717) is 22.5 Å². The monoisotopic (exact) mass is 335 g/mol. The maximum Gasteiger partial charge on any atom is 0.115 e. The molecule has 1 rings (SSSR count). The molecule has 1 aromatic rings. The lowest BCUT2D eigenvalue weighted by Gasteiger charge is -2.40. The minimum Gasteiger partial charge on any atom is -0.508 e. The molecule has 24 heavy (non-hydrogen) atoms. The number of hydrogen-bond acceptors (Lipinski definition) is 2. The Bertz CT molecular complexity index is 415. The second-order valence-corrected chi connectivity index (χ2v) is 8.91. The normalized spacial score (nSPS) is 14.5. The van der Waals surface area contributed by atoms with Gasteiger partial charge in [-0.3, -0.25) is 0 Å². The summed E-state index contributed by atoms with van der Waals surface area (Å²) in [5.74, 6) is 1.83. The zero-order valence-electron chi connectivity index (χ0n) is 17.1. The van der Waals surface area contributed by atoms with Crippen LogP contribution in [0.2, 0.25) is 0 Å². The first-order valence-corrected chi connectivity index (χ1v) is 9.49. The van der Waals surface area contributed by atoms with Gasteiger partial charge >= 0.3 is 0 Å². The van der Waals surface area contributed by atoms with E-state index in [1.165, 1.54) is 25.7 Å². The van der Waals surface area contributed by atoms with Gasteiger partial charge in [-0.05, 0) is 54.2 Å². The van der Waals surface area contributed by atoms with Gasteiger partial charge in [0.25, 0.3) is 0 Å². The first-order chi connectivity index (χ1) is 11.1. The summed E-state index contributed by atoms with van der Waals surface area (Å²) in [6.45, 7) is 17.4. The van der Waals surface area contributed by atoms with Gasteiger partial charge in [0.15, 0.2) is 0 Å². The number of phenols is 1. The predicted octanol–water partition coefficient (Wildman–Crippen LogP) is 6.24. The molecule has 2 unspecified atom stereocenters. The third-order valence-electron chi connectivity index (χ3n) is 4.87. The van der Waals surface area contributed by atoms with E-state index in [1.54, 1.807) is 24.3 Å². The van der Waals surface area contributed by atoms with Gasteiger partial charge in [-0.1, -0.05) is 79.5 Å². The van der Waals surface area contributed by atoms with Crippen LogP contribution in [-0.2, 0) is 0 Å². The third-order valence-corrected chi connectivity index (χ3v) is 4.87. The van der Waals surface area contributed by atoms with Gasteiger partial charge in [-0.15, -0.1) is 0 Å². The summed E-state index contributed by atoms with van der Waals surface area (Å²) in [5, 5.41) is 8.63. The van der Waals surface area contributed by atoms with Crippen LogP contribution < -0.4 is 5.73 Å². The molecule has 0 spiro atoms. The maximum atomic E-state index is 8.63. The molecule has 0 aliphatic rings. The van der Waals surface area contributed by atoms with E-state index in [2.05, 4.69) is 48.5 Å². The van der Waals surface area contributed by atoms with Gasteiger partial charge in [0, 0.05) is 0 Å². The fraction of sp³-hybridized carbons (Fsp3) is 0.727. The highest BCUT2D eigenvalue weighted by Gasteiger charge is 2.33. The van der Waals surface area contributed by atoms with Gasteiger partial charge in [0.1, 0.15) is 5.75 Å². The molecule has 3 N–H and O–H groups in total. The second kappa shape index (κ2) is 10.8. The number of benzene rings is 1. The van der Waals surface area contributed by atoms with Crippen molar-refractivity contribution in [1.82, 2.24) is 0 Å². The molecule has 0 aliphatic carbocycles. The van der Waals surface area contributed by atoms with E-state index < -0.39 is 0 Å². The van der Waals surface area contributed by atoms with Crippen molar-refractivity contribution in [3.05, 3.63) is 30.3 Å². The summed E-state index contributed by atoms with van der Waals surface area (Å²) in [6, 6.07) is 8.71. The molecule has 2 atom stereocenters. The van der Waals surface area contributed by atoms with Crippen LogP contribution in [0.4, 0.5) is 0 Å². The number of rotatable bonds is 7. The van der Waals surface area contributed by atoms with Gasteiger partial charge in [-0.2, -0.15) is 0 Å². The molecule has 0 saturated carbocycles. The lowest BCUT2D eigenvalue weighted by atomic mass is 9.65. The molecule has 2 heteroatoms. The fourth-order valence-corrected chi connectivity index (χ4v) is 3.81. The van der Waals surface area contributed by atoms with Crippen molar-refractivity contribution in [2.24, 2.45) is 28.4 Å². The smallest absolute Gasteiger partial charge is 0.115 e. The summed E-state index contributed by atoms with van der Waals surface area (Å²) >= 11 is 0. The standard InChI is InChI=1S/C16H35N.C6H6O/c1-8-13(11-17)10-14(9-2)16(6,7)12-15(3,4)5;7-6-4-2-1-3-5-6/h13-14H,8-12,17H2,1-7H3;1-5,7H.